The van der Waals surface area contributed by atoms with Crippen LogP contribution >= 0.6 is 0 Å². The minimum atomic E-state index is -0.107. The summed E-state index contributed by atoms with van der Waals surface area (Å²) < 4.78 is 1.84. The van der Waals surface area contributed by atoms with E-state index in [2.05, 4.69) is 41.3 Å². The number of rotatable bonds is 8. The molecule has 0 bridgehead atoms. The van der Waals surface area contributed by atoms with Crippen molar-refractivity contribution in [3.63, 3.8) is 0 Å². The Morgan fingerprint density at radius 2 is 1.87 bits per heavy atom. The zero-order chi connectivity index (χ0) is 16.7. The lowest BCUT2D eigenvalue weighted by Gasteiger charge is -2.27. The van der Waals surface area contributed by atoms with Crippen molar-refractivity contribution >= 4 is 11.7 Å². The van der Waals surface area contributed by atoms with E-state index in [1.165, 1.54) is 5.56 Å². The third-order valence-corrected chi connectivity index (χ3v) is 4.02. The zero-order valence-corrected chi connectivity index (χ0v) is 14.2. The third-order valence-electron chi connectivity index (χ3n) is 4.02. The highest BCUT2D eigenvalue weighted by Gasteiger charge is 2.22. The van der Waals surface area contributed by atoms with Crippen LogP contribution in [0, 0.1) is 0 Å². The average molecular weight is 314 g/mol. The van der Waals surface area contributed by atoms with E-state index < -0.39 is 0 Å². The van der Waals surface area contributed by atoms with Gasteiger partial charge in [-0.2, -0.15) is 5.10 Å². The summed E-state index contributed by atoms with van der Waals surface area (Å²) in [6.45, 7) is 8.62. The molecule has 1 heterocycles. The molecule has 1 aromatic heterocycles. The second-order valence-corrected chi connectivity index (χ2v) is 5.52. The lowest BCUT2D eigenvalue weighted by atomic mass is 10.1. The first-order chi connectivity index (χ1) is 11.2. The van der Waals surface area contributed by atoms with Gasteiger partial charge in [0.1, 0.15) is 0 Å². The van der Waals surface area contributed by atoms with Crippen LogP contribution in [0.3, 0.4) is 0 Å². The molecule has 1 N–H and O–H groups in total. The fourth-order valence-electron chi connectivity index (χ4n) is 2.77. The molecule has 0 radical (unpaired) electrons. The number of hydrogen-bond donors (Lipinski definition) is 1. The van der Waals surface area contributed by atoms with Gasteiger partial charge in [0.25, 0.3) is 0 Å². The number of nitrogens with one attached hydrogen (secondary N) is 1. The van der Waals surface area contributed by atoms with Gasteiger partial charge in [-0.3, -0.25) is 14.4 Å². The number of hydrogen-bond acceptors (Lipinski definition) is 3. The van der Waals surface area contributed by atoms with Gasteiger partial charge in [0.05, 0.1) is 12.6 Å². The quantitative estimate of drug-likeness (QED) is 0.815. The second-order valence-electron chi connectivity index (χ2n) is 5.52. The van der Waals surface area contributed by atoms with Crippen LogP contribution < -0.4 is 5.32 Å². The smallest absolute Gasteiger partial charge is 0.242 e. The second kappa shape index (κ2) is 8.48. The van der Waals surface area contributed by atoms with E-state index in [-0.39, 0.29) is 11.9 Å². The number of carbonyl (C=O) groups excluding carboxylic acids is 1. The van der Waals surface area contributed by atoms with Gasteiger partial charge in [0, 0.05) is 12.3 Å². The van der Waals surface area contributed by atoms with Crippen LogP contribution in [-0.4, -0.2) is 39.7 Å². The Hall–Kier alpha value is -2.14. The Balaban J connectivity index is 1.99. The highest BCUT2D eigenvalue weighted by Crippen LogP contribution is 2.10. The van der Waals surface area contributed by atoms with Crippen molar-refractivity contribution in [2.45, 2.75) is 39.8 Å². The summed E-state index contributed by atoms with van der Waals surface area (Å²) >= 11 is 0. The lowest BCUT2D eigenvalue weighted by molar-refractivity contribution is -0.121. The van der Waals surface area contributed by atoms with Crippen LogP contribution in [0.1, 0.15) is 32.8 Å². The predicted molar refractivity (Wildman–Crippen MR) is 93.4 cm³/mol. The van der Waals surface area contributed by atoms with Gasteiger partial charge >= 0.3 is 0 Å². The maximum absolute atomic E-state index is 12.5. The minimum Gasteiger partial charge on any atom is -0.308 e. The van der Waals surface area contributed by atoms with Gasteiger partial charge in [-0.1, -0.05) is 51.1 Å². The number of carbonyl (C=O) groups is 1. The molecular formula is C18H26N4O. The van der Waals surface area contributed by atoms with Crippen molar-refractivity contribution in [3.05, 3.63) is 48.2 Å². The van der Waals surface area contributed by atoms with Gasteiger partial charge in [0.15, 0.2) is 5.82 Å². The Labute approximate surface area is 138 Å². The molecule has 1 atom stereocenters. The molecule has 5 heteroatoms. The zero-order valence-electron chi connectivity index (χ0n) is 14.2. The summed E-state index contributed by atoms with van der Waals surface area (Å²) in [6, 6.07) is 11.9. The fourth-order valence-corrected chi connectivity index (χ4v) is 2.77. The molecular weight excluding hydrogens is 288 g/mol. The molecule has 2 aromatic rings. The minimum absolute atomic E-state index is 0.0150. The van der Waals surface area contributed by atoms with Crippen LogP contribution in [0.5, 0.6) is 0 Å². The number of nitrogens with zero attached hydrogens (tertiary/aromatic N) is 3. The summed E-state index contributed by atoms with van der Waals surface area (Å²) in [6.07, 6.45) is 2.68. The van der Waals surface area contributed by atoms with Gasteiger partial charge in [-0.15, -0.1) is 0 Å². The number of benzene rings is 1. The molecule has 0 fully saturated rings. The number of aromatic nitrogens is 2. The lowest BCUT2D eigenvalue weighted by Crippen LogP contribution is -2.43. The first-order valence-corrected chi connectivity index (χ1v) is 8.30. The number of likely N-dealkylation sites (N-methyl/N-ethyl adjacent to an activating group) is 1. The molecule has 0 unspecified atom stereocenters. The largest absolute Gasteiger partial charge is 0.308 e. The summed E-state index contributed by atoms with van der Waals surface area (Å²) in [5.74, 6) is 0.623. The summed E-state index contributed by atoms with van der Waals surface area (Å²) in [7, 11) is 0. The van der Waals surface area contributed by atoms with Crippen molar-refractivity contribution < 1.29 is 4.79 Å². The van der Waals surface area contributed by atoms with E-state index in [0.717, 1.165) is 19.5 Å². The van der Waals surface area contributed by atoms with Crippen molar-refractivity contribution in [2.75, 3.05) is 18.4 Å². The third kappa shape index (κ3) is 4.66. The standard InChI is InChI=1S/C18H26N4O/c1-4-16(21(5-2)6-3)18(23)19-17-12-13-22(20-17)14-15-10-8-7-9-11-15/h7-13,16H,4-6,14H2,1-3H3,(H,19,20,23)/t16-/m1/s1. The predicted octanol–water partition coefficient (Wildman–Crippen LogP) is 2.99. The molecule has 0 saturated carbocycles. The first kappa shape index (κ1) is 17.2. The van der Waals surface area contributed by atoms with Crippen LogP contribution in [0.2, 0.25) is 0 Å². The highest BCUT2D eigenvalue weighted by molar-refractivity contribution is 5.93. The molecule has 0 aliphatic carbocycles. The maximum Gasteiger partial charge on any atom is 0.242 e. The highest BCUT2D eigenvalue weighted by atomic mass is 16.2. The van der Waals surface area contributed by atoms with Crippen LogP contribution in [0.4, 0.5) is 5.82 Å². The van der Waals surface area contributed by atoms with Crippen LogP contribution in [-0.2, 0) is 11.3 Å². The number of amides is 1. The molecule has 0 aliphatic heterocycles. The molecule has 124 valence electrons. The van der Waals surface area contributed by atoms with Crippen LogP contribution in [0.15, 0.2) is 42.6 Å². The molecule has 1 aromatic carbocycles. The molecule has 0 saturated heterocycles. The maximum atomic E-state index is 12.5. The average Bonchev–Trinajstić information content (AvgIpc) is 3.00. The van der Waals surface area contributed by atoms with Gasteiger partial charge in [-0.05, 0) is 25.1 Å². The van der Waals surface area contributed by atoms with Crippen molar-refractivity contribution in [1.29, 1.82) is 0 Å². The van der Waals surface area contributed by atoms with Gasteiger partial charge in [-0.25, -0.2) is 0 Å². The topological polar surface area (TPSA) is 50.2 Å². The normalized spacial score (nSPS) is 12.3. The molecule has 2 rings (SSSR count). The summed E-state index contributed by atoms with van der Waals surface area (Å²) in [4.78, 5) is 14.6. The first-order valence-electron chi connectivity index (χ1n) is 8.30. The summed E-state index contributed by atoms with van der Waals surface area (Å²) in [5, 5.41) is 7.38. The van der Waals surface area contributed by atoms with Crippen molar-refractivity contribution in [3.8, 4) is 0 Å². The van der Waals surface area contributed by atoms with E-state index >= 15 is 0 Å². The van der Waals surface area contributed by atoms with E-state index in [9.17, 15) is 4.79 Å². The Kier molecular flexibility index (Phi) is 6.35. The van der Waals surface area contributed by atoms with Crippen LogP contribution in [0.25, 0.3) is 0 Å². The molecule has 0 spiro atoms. The SMILES string of the molecule is CC[C@H](C(=O)Nc1ccn(Cc2ccccc2)n1)N(CC)CC. The van der Waals surface area contributed by atoms with E-state index in [1.54, 1.807) is 0 Å². The van der Waals surface area contributed by atoms with Gasteiger partial charge < -0.3 is 5.32 Å². The Bertz CT molecular complexity index is 604. The summed E-state index contributed by atoms with van der Waals surface area (Å²) in [5.41, 5.74) is 1.18. The Morgan fingerprint density at radius 1 is 1.17 bits per heavy atom. The van der Waals surface area contributed by atoms with Crippen molar-refractivity contribution in [2.24, 2.45) is 0 Å². The van der Waals surface area contributed by atoms with E-state index in [0.29, 0.717) is 12.4 Å². The van der Waals surface area contributed by atoms with Crippen molar-refractivity contribution in [1.82, 2.24) is 14.7 Å². The molecule has 0 aliphatic rings. The molecule has 5 nitrogen and oxygen atoms in total. The monoisotopic (exact) mass is 314 g/mol. The molecule has 1 amide bonds. The Morgan fingerprint density at radius 3 is 2.48 bits per heavy atom. The fraction of sp³-hybridized carbons (Fsp3) is 0.444. The van der Waals surface area contributed by atoms with E-state index in [4.69, 9.17) is 0 Å². The van der Waals surface area contributed by atoms with Gasteiger partial charge in [0.2, 0.25) is 5.91 Å². The molecule has 23 heavy (non-hydrogen) atoms. The number of anilines is 1. The van der Waals surface area contributed by atoms with E-state index in [1.807, 2.05) is 42.1 Å².